The standard InChI is InChI=1S/C16H14ClNO/c1-13-11-16(5-4-15(13)3-2-8-17)19-12-14-6-9-18-10-7-14/h4-7,9-11H,8,12H2,1H3. The van der Waals surface area contributed by atoms with Gasteiger partial charge in [0.05, 0.1) is 5.88 Å². The Hall–Kier alpha value is -1.98. The number of hydrogen-bond donors (Lipinski definition) is 0. The first-order chi connectivity index (χ1) is 9.29. The number of hydrogen-bond acceptors (Lipinski definition) is 2. The molecule has 3 heteroatoms. The second-order valence-corrected chi connectivity index (χ2v) is 4.32. The largest absolute Gasteiger partial charge is 0.489 e. The van der Waals surface area contributed by atoms with E-state index in [9.17, 15) is 0 Å². The molecule has 1 heterocycles. The van der Waals surface area contributed by atoms with Crippen molar-refractivity contribution in [2.24, 2.45) is 0 Å². The Bertz CT molecular complexity index is 599. The van der Waals surface area contributed by atoms with E-state index in [1.807, 2.05) is 37.3 Å². The third-order valence-corrected chi connectivity index (χ3v) is 2.78. The summed E-state index contributed by atoms with van der Waals surface area (Å²) in [5.74, 6) is 7.05. The van der Waals surface area contributed by atoms with E-state index in [2.05, 4.69) is 16.8 Å². The van der Waals surface area contributed by atoms with E-state index in [0.29, 0.717) is 12.5 Å². The first kappa shape index (κ1) is 13.5. The fraction of sp³-hybridized carbons (Fsp3) is 0.188. The van der Waals surface area contributed by atoms with Crippen LogP contribution in [0, 0.1) is 18.8 Å². The Balaban J connectivity index is 2.04. The molecule has 0 saturated carbocycles. The lowest BCUT2D eigenvalue weighted by Crippen LogP contribution is -1.96. The van der Waals surface area contributed by atoms with E-state index in [0.717, 1.165) is 22.4 Å². The van der Waals surface area contributed by atoms with Gasteiger partial charge in [-0.25, -0.2) is 0 Å². The van der Waals surface area contributed by atoms with Gasteiger partial charge in [0, 0.05) is 18.0 Å². The Labute approximate surface area is 118 Å². The molecular formula is C16H14ClNO. The molecule has 0 N–H and O–H groups in total. The van der Waals surface area contributed by atoms with Crippen LogP contribution in [-0.4, -0.2) is 10.9 Å². The van der Waals surface area contributed by atoms with Gasteiger partial charge in [-0.1, -0.05) is 11.8 Å². The Morgan fingerprint density at radius 3 is 2.68 bits per heavy atom. The van der Waals surface area contributed by atoms with E-state index in [1.54, 1.807) is 12.4 Å². The molecule has 0 saturated heterocycles. The number of halogens is 1. The molecular weight excluding hydrogens is 258 g/mol. The summed E-state index contributed by atoms with van der Waals surface area (Å²) in [6, 6.07) is 9.74. The van der Waals surface area contributed by atoms with Gasteiger partial charge >= 0.3 is 0 Å². The topological polar surface area (TPSA) is 22.1 Å². The molecule has 1 aromatic heterocycles. The lowest BCUT2D eigenvalue weighted by atomic mass is 10.1. The lowest BCUT2D eigenvalue weighted by molar-refractivity contribution is 0.306. The molecule has 0 atom stereocenters. The van der Waals surface area contributed by atoms with E-state index >= 15 is 0 Å². The van der Waals surface area contributed by atoms with E-state index < -0.39 is 0 Å². The van der Waals surface area contributed by atoms with Crippen molar-refractivity contribution < 1.29 is 4.74 Å². The van der Waals surface area contributed by atoms with E-state index in [4.69, 9.17) is 16.3 Å². The van der Waals surface area contributed by atoms with Crippen molar-refractivity contribution in [2.45, 2.75) is 13.5 Å². The van der Waals surface area contributed by atoms with E-state index in [1.165, 1.54) is 0 Å². The predicted octanol–water partition coefficient (Wildman–Crippen LogP) is 3.56. The summed E-state index contributed by atoms with van der Waals surface area (Å²) in [7, 11) is 0. The third-order valence-electron chi connectivity index (χ3n) is 2.64. The summed E-state index contributed by atoms with van der Waals surface area (Å²) in [6.07, 6.45) is 3.52. The second kappa shape index (κ2) is 6.82. The van der Waals surface area contributed by atoms with Crippen LogP contribution in [0.3, 0.4) is 0 Å². The summed E-state index contributed by atoms with van der Waals surface area (Å²) in [5.41, 5.74) is 3.17. The zero-order valence-electron chi connectivity index (χ0n) is 10.7. The lowest BCUT2D eigenvalue weighted by Gasteiger charge is -2.07. The zero-order chi connectivity index (χ0) is 13.5. The highest BCUT2D eigenvalue weighted by atomic mass is 35.5. The minimum absolute atomic E-state index is 0.347. The molecule has 19 heavy (non-hydrogen) atoms. The number of aryl methyl sites for hydroxylation is 1. The van der Waals surface area contributed by atoms with Crippen molar-refractivity contribution >= 4 is 11.6 Å². The quantitative estimate of drug-likeness (QED) is 0.629. The van der Waals surface area contributed by atoms with Crippen LogP contribution < -0.4 is 4.74 Å². The summed E-state index contributed by atoms with van der Waals surface area (Å²) >= 11 is 5.55. The number of benzene rings is 1. The molecule has 2 rings (SSSR count). The van der Waals surface area contributed by atoms with E-state index in [-0.39, 0.29) is 0 Å². The number of pyridine rings is 1. The van der Waals surface area contributed by atoms with Gasteiger partial charge in [-0.15, -0.1) is 11.6 Å². The second-order valence-electron chi connectivity index (χ2n) is 4.06. The molecule has 0 aliphatic carbocycles. The van der Waals surface area contributed by atoms with Crippen LogP contribution in [0.25, 0.3) is 0 Å². The Kier molecular flexibility index (Phi) is 4.83. The molecule has 2 aromatic rings. The fourth-order valence-electron chi connectivity index (χ4n) is 1.64. The van der Waals surface area contributed by atoms with Gasteiger partial charge in [0.25, 0.3) is 0 Å². The third kappa shape index (κ3) is 4.01. The molecule has 0 amide bonds. The predicted molar refractivity (Wildman–Crippen MR) is 77.3 cm³/mol. The minimum atomic E-state index is 0.347. The normalized spacial score (nSPS) is 9.58. The molecule has 1 aromatic carbocycles. The van der Waals surface area contributed by atoms with Crippen LogP contribution in [0.15, 0.2) is 42.7 Å². The maximum absolute atomic E-state index is 5.73. The molecule has 0 unspecified atom stereocenters. The first-order valence-electron chi connectivity index (χ1n) is 5.97. The van der Waals surface area contributed by atoms with Crippen LogP contribution in [-0.2, 0) is 6.61 Å². The monoisotopic (exact) mass is 271 g/mol. The molecule has 0 radical (unpaired) electrons. The Morgan fingerprint density at radius 2 is 2.00 bits per heavy atom. The zero-order valence-corrected chi connectivity index (χ0v) is 11.4. The van der Waals surface area contributed by atoms with Gasteiger partial charge in [-0.3, -0.25) is 4.98 Å². The van der Waals surface area contributed by atoms with Gasteiger partial charge in [0.15, 0.2) is 0 Å². The number of ether oxygens (including phenoxy) is 1. The van der Waals surface area contributed by atoms with Crippen LogP contribution in [0.4, 0.5) is 0 Å². The summed E-state index contributed by atoms with van der Waals surface area (Å²) < 4.78 is 5.73. The van der Waals surface area contributed by atoms with Gasteiger partial charge in [0.1, 0.15) is 12.4 Å². The van der Waals surface area contributed by atoms with Gasteiger partial charge < -0.3 is 4.74 Å². The van der Waals surface area contributed by atoms with Crippen LogP contribution in [0.5, 0.6) is 5.75 Å². The van der Waals surface area contributed by atoms with Gasteiger partial charge in [0.2, 0.25) is 0 Å². The molecule has 0 aliphatic heterocycles. The maximum atomic E-state index is 5.73. The van der Waals surface area contributed by atoms with Crippen LogP contribution in [0.1, 0.15) is 16.7 Å². The van der Waals surface area contributed by atoms with Crippen molar-refractivity contribution in [2.75, 3.05) is 5.88 Å². The van der Waals surface area contributed by atoms with Crippen molar-refractivity contribution in [3.05, 3.63) is 59.4 Å². The minimum Gasteiger partial charge on any atom is -0.489 e. The SMILES string of the molecule is Cc1cc(OCc2ccncc2)ccc1C#CCCl. The molecule has 2 nitrogen and oxygen atoms in total. The summed E-state index contributed by atoms with van der Waals surface area (Å²) in [6.45, 7) is 2.55. The van der Waals surface area contributed by atoms with Crippen LogP contribution in [0.2, 0.25) is 0 Å². The summed E-state index contributed by atoms with van der Waals surface area (Å²) in [4.78, 5) is 3.97. The van der Waals surface area contributed by atoms with Gasteiger partial charge in [-0.2, -0.15) is 0 Å². The number of rotatable bonds is 3. The number of aromatic nitrogens is 1. The molecule has 0 spiro atoms. The molecule has 0 fully saturated rings. The number of nitrogens with zero attached hydrogens (tertiary/aromatic N) is 1. The molecule has 0 aliphatic rings. The highest BCUT2D eigenvalue weighted by Crippen LogP contribution is 2.17. The average Bonchev–Trinajstić information content (AvgIpc) is 2.45. The first-order valence-corrected chi connectivity index (χ1v) is 6.50. The summed E-state index contributed by atoms with van der Waals surface area (Å²) in [5, 5.41) is 0. The molecule has 96 valence electrons. The number of alkyl halides is 1. The van der Waals surface area contributed by atoms with Crippen molar-refractivity contribution in [1.82, 2.24) is 4.98 Å². The van der Waals surface area contributed by atoms with Crippen LogP contribution >= 0.6 is 11.6 Å². The van der Waals surface area contributed by atoms with Crippen molar-refractivity contribution in [3.8, 4) is 17.6 Å². The highest BCUT2D eigenvalue weighted by molar-refractivity contribution is 6.19. The highest BCUT2D eigenvalue weighted by Gasteiger charge is 1.99. The average molecular weight is 272 g/mol. The smallest absolute Gasteiger partial charge is 0.120 e. The fourth-order valence-corrected chi connectivity index (χ4v) is 1.71. The maximum Gasteiger partial charge on any atom is 0.120 e. The van der Waals surface area contributed by atoms with Crippen molar-refractivity contribution in [3.63, 3.8) is 0 Å². The molecule has 0 bridgehead atoms. The Morgan fingerprint density at radius 1 is 1.21 bits per heavy atom. The van der Waals surface area contributed by atoms with Gasteiger partial charge in [-0.05, 0) is 48.4 Å². The van der Waals surface area contributed by atoms with Crippen molar-refractivity contribution in [1.29, 1.82) is 0 Å².